The fourth-order valence-corrected chi connectivity index (χ4v) is 1.79. The van der Waals surface area contributed by atoms with Crippen LogP contribution in [-0.2, 0) is 6.42 Å². The molecule has 0 heterocycles. The first-order valence-corrected chi connectivity index (χ1v) is 6.12. The summed E-state index contributed by atoms with van der Waals surface area (Å²) in [4.78, 5) is 0. The predicted molar refractivity (Wildman–Crippen MR) is 74.6 cm³/mol. The second-order valence-electron chi connectivity index (χ2n) is 4.11. The van der Waals surface area contributed by atoms with Crippen molar-refractivity contribution in [3.05, 3.63) is 65.7 Å². The van der Waals surface area contributed by atoms with E-state index in [0.717, 1.165) is 24.2 Å². The molecule has 1 nitrogen and oxygen atoms in total. The molecule has 0 radical (unpaired) electrons. The Hall–Kier alpha value is -2.20. The largest absolute Gasteiger partial charge is 0.494 e. The van der Waals surface area contributed by atoms with Crippen LogP contribution in [-0.4, -0.2) is 6.61 Å². The second kappa shape index (κ2) is 6.51. The molecule has 0 fully saturated rings. The van der Waals surface area contributed by atoms with Crippen molar-refractivity contribution in [2.45, 2.75) is 12.8 Å². The lowest BCUT2D eigenvalue weighted by Gasteiger charge is -2.06. The molecule has 90 valence electrons. The molecule has 0 saturated heterocycles. The summed E-state index contributed by atoms with van der Waals surface area (Å²) in [6.45, 7) is 0.711. The van der Waals surface area contributed by atoms with E-state index in [4.69, 9.17) is 11.2 Å². The van der Waals surface area contributed by atoms with Crippen LogP contribution in [0, 0.1) is 12.3 Å². The van der Waals surface area contributed by atoms with Crippen LogP contribution in [0.2, 0.25) is 0 Å². The molecule has 0 unspecified atom stereocenters. The summed E-state index contributed by atoms with van der Waals surface area (Å²) in [5, 5.41) is 0. The molecule has 0 saturated carbocycles. The molecule has 0 spiro atoms. The molecule has 0 aliphatic heterocycles. The van der Waals surface area contributed by atoms with E-state index in [1.807, 2.05) is 30.3 Å². The summed E-state index contributed by atoms with van der Waals surface area (Å²) in [5.74, 6) is 3.45. The molecule has 0 aliphatic rings. The summed E-state index contributed by atoms with van der Waals surface area (Å²) >= 11 is 0. The van der Waals surface area contributed by atoms with Gasteiger partial charge in [0, 0.05) is 5.56 Å². The Morgan fingerprint density at radius 1 is 1.00 bits per heavy atom. The van der Waals surface area contributed by atoms with Gasteiger partial charge in [0.1, 0.15) is 5.75 Å². The Labute approximate surface area is 108 Å². The average Bonchev–Trinajstić information content (AvgIpc) is 2.45. The number of rotatable bonds is 5. The molecule has 2 aromatic rings. The zero-order valence-electron chi connectivity index (χ0n) is 10.3. The third-order valence-corrected chi connectivity index (χ3v) is 2.72. The Morgan fingerprint density at radius 2 is 1.83 bits per heavy atom. The zero-order valence-corrected chi connectivity index (χ0v) is 10.3. The molecule has 0 amide bonds. The van der Waals surface area contributed by atoms with Gasteiger partial charge in [-0.2, -0.15) is 0 Å². The Bertz CT molecular complexity index is 523. The number of aryl methyl sites for hydroxylation is 1. The summed E-state index contributed by atoms with van der Waals surface area (Å²) in [6, 6.07) is 18.1. The second-order valence-corrected chi connectivity index (χ2v) is 4.11. The first-order valence-electron chi connectivity index (χ1n) is 6.12. The molecular formula is C17H16O. The van der Waals surface area contributed by atoms with Gasteiger partial charge in [-0.05, 0) is 36.6 Å². The van der Waals surface area contributed by atoms with Gasteiger partial charge >= 0.3 is 0 Å². The topological polar surface area (TPSA) is 9.23 Å². The molecule has 1 heteroatoms. The molecule has 0 N–H and O–H groups in total. The van der Waals surface area contributed by atoms with Crippen molar-refractivity contribution in [2.24, 2.45) is 0 Å². The maximum Gasteiger partial charge on any atom is 0.120 e. The van der Waals surface area contributed by atoms with Gasteiger partial charge in [-0.3, -0.25) is 0 Å². The van der Waals surface area contributed by atoms with Gasteiger partial charge in [-0.1, -0.05) is 42.3 Å². The highest BCUT2D eigenvalue weighted by Crippen LogP contribution is 2.13. The summed E-state index contributed by atoms with van der Waals surface area (Å²) < 4.78 is 5.67. The first kappa shape index (κ1) is 12.3. The summed E-state index contributed by atoms with van der Waals surface area (Å²) in [7, 11) is 0. The van der Waals surface area contributed by atoms with Crippen LogP contribution in [0.3, 0.4) is 0 Å². The number of ether oxygens (including phenoxy) is 1. The minimum absolute atomic E-state index is 0.711. The van der Waals surface area contributed by atoms with Crippen molar-refractivity contribution in [1.82, 2.24) is 0 Å². The lowest BCUT2D eigenvalue weighted by atomic mass is 10.1. The SMILES string of the molecule is C#Cc1cccc(OCCCc2ccccc2)c1. The highest BCUT2D eigenvalue weighted by molar-refractivity contribution is 5.38. The fraction of sp³-hybridized carbons (Fsp3) is 0.176. The highest BCUT2D eigenvalue weighted by Gasteiger charge is 1.96. The average molecular weight is 236 g/mol. The van der Waals surface area contributed by atoms with Gasteiger partial charge in [0.25, 0.3) is 0 Å². The zero-order chi connectivity index (χ0) is 12.6. The Balaban J connectivity index is 1.77. The van der Waals surface area contributed by atoms with Crippen LogP contribution < -0.4 is 4.74 Å². The van der Waals surface area contributed by atoms with Crippen molar-refractivity contribution in [2.75, 3.05) is 6.61 Å². The van der Waals surface area contributed by atoms with Gasteiger partial charge in [-0.15, -0.1) is 6.42 Å². The van der Waals surface area contributed by atoms with Gasteiger partial charge in [0.05, 0.1) is 6.61 Å². The Kier molecular flexibility index (Phi) is 4.44. The van der Waals surface area contributed by atoms with E-state index in [1.54, 1.807) is 0 Å². The maximum absolute atomic E-state index is 5.67. The standard InChI is InChI=1S/C17H16O/c1-2-15-10-6-12-17(14-15)18-13-7-11-16-8-4-3-5-9-16/h1,3-6,8-10,12,14H,7,11,13H2. The number of benzene rings is 2. The molecular weight excluding hydrogens is 220 g/mol. The number of hydrogen-bond acceptors (Lipinski definition) is 1. The fourth-order valence-electron chi connectivity index (χ4n) is 1.79. The van der Waals surface area contributed by atoms with E-state index >= 15 is 0 Å². The van der Waals surface area contributed by atoms with E-state index < -0.39 is 0 Å². The van der Waals surface area contributed by atoms with Crippen LogP contribution in [0.25, 0.3) is 0 Å². The van der Waals surface area contributed by atoms with Crippen LogP contribution in [0.15, 0.2) is 54.6 Å². The minimum atomic E-state index is 0.711. The van der Waals surface area contributed by atoms with Crippen molar-refractivity contribution in [1.29, 1.82) is 0 Å². The predicted octanol–water partition coefficient (Wildman–Crippen LogP) is 3.68. The quantitative estimate of drug-likeness (QED) is 0.568. The van der Waals surface area contributed by atoms with Gasteiger partial charge in [0.15, 0.2) is 0 Å². The number of hydrogen-bond donors (Lipinski definition) is 0. The van der Waals surface area contributed by atoms with Crippen molar-refractivity contribution in [3.8, 4) is 18.1 Å². The lowest BCUT2D eigenvalue weighted by molar-refractivity contribution is 0.311. The third-order valence-electron chi connectivity index (χ3n) is 2.72. The maximum atomic E-state index is 5.67. The van der Waals surface area contributed by atoms with E-state index in [0.29, 0.717) is 6.61 Å². The van der Waals surface area contributed by atoms with Crippen molar-refractivity contribution >= 4 is 0 Å². The molecule has 0 bridgehead atoms. The smallest absolute Gasteiger partial charge is 0.120 e. The van der Waals surface area contributed by atoms with Crippen LogP contribution in [0.5, 0.6) is 5.75 Å². The van der Waals surface area contributed by atoms with Gasteiger partial charge < -0.3 is 4.74 Å². The molecule has 2 rings (SSSR count). The summed E-state index contributed by atoms with van der Waals surface area (Å²) in [6.07, 6.45) is 7.39. The van der Waals surface area contributed by atoms with E-state index in [2.05, 4.69) is 30.2 Å². The van der Waals surface area contributed by atoms with Gasteiger partial charge in [0.2, 0.25) is 0 Å². The molecule has 0 atom stereocenters. The monoisotopic (exact) mass is 236 g/mol. The van der Waals surface area contributed by atoms with Gasteiger partial charge in [-0.25, -0.2) is 0 Å². The Morgan fingerprint density at radius 3 is 2.61 bits per heavy atom. The van der Waals surface area contributed by atoms with Crippen LogP contribution in [0.4, 0.5) is 0 Å². The van der Waals surface area contributed by atoms with Crippen LogP contribution in [0.1, 0.15) is 17.5 Å². The van der Waals surface area contributed by atoms with E-state index in [9.17, 15) is 0 Å². The van der Waals surface area contributed by atoms with Crippen LogP contribution >= 0.6 is 0 Å². The normalized spacial score (nSPS) is 9.72. The first-order chi connectivity index (χ1) is 8.88. The van der Waals surface area contributed by atoms with Crippen molar-refractivity contribution in [3.63, 3.8) is 0 Å². The van der Waals surface area contributed by atoms with E-state index in [-0.39, 0.29) is 0 Å². The molecule has 0 aliphatic carbocycles. The van der Waals surface area contributed by atoms with Crippen molar-refractivity contribution < 1.29 is 4.74 Å². The number of terminal acetylenes is 1. The lowest BCUT2D eigenvalue weighted by Crippen LogP contribution is -1.99. The molecule has 18 heavy (non-hydrogen) atoms. The minimum Gasteiger partial charge on any atom is -0.494 e. The third kappa shape index (κ3) is 3.68. The highest BCUT2D eigenvalue weighted by atomic mass is 16.5. The summed E-state index contributed by atoms with van der Waals surface area (Å²) in [5.41, 5.74) is 2.20. The molecule has 2 aromatic carbocycles. The molecule has 0 aromatic heterocycles. The van der Waals surface area contributed by atoms with E-state index in [1.165, 1.54) is 5.56 Å².